The molecule has 1 fully saturated rings. The number of nitriles is 1. The van der Waals surface area contributed by atoms with Gasteiger partial charge < -0.3 is 5.32 Å². The number of rotatable bonds is 3. The molecule has 2 aromatic carbocycles. The van der Waals surface area contributed by atoms with Crippen LogP contribution in [0.1, 0.15) is 35.4 Å². The van der Waals surface area contributed by atoms with Crippen LogP contribution in [-0.4, -0.2) is 6.04 Å². The fourth-order valence-electron chi connectivity index (χ4n) is 2.89. The molecule has 0 saturated heterocycles. The van der Waals surface area contributed by atoms with Crippen LogP contribution < -0.4 is 5.32 Å². The molecule has 0 atom stereocenters. The number of benzene rings is 2. The lowest BCUT2D eigenvalue weighted by Gasteiger charge is -2.37. The summed E-state index contributed by atoms with van der Waals surface area (Å²) in [5.74, 6) is 0.639. The summed E-state index contributed by atoms with van der Waals surface area (Å²) in [5, 5.41) is 12.7. The maximum atomic E-state index is 9.17. The van der Waals surface area contributed by atoms with Crippen LogP contribution in [0.15, 0.2) is 46.9 Å². The highest BCUT2D eigenvalue weighted by Crippen LogP contribution is 2.39. The molecule has 106 valence electrons. The van der Waals surface area contributed by atoms with Crippen molar-refractivity contribution in [2.45, 2.75) is 31.7 Å². The Morgan fingerprint density at radius 1 is 1.19 bits per heavy atom. The summed E-state index contributed by atoms with van der Waals surface area (Å²) in [6.45, 7) is 2.14. The van der Waals surface area contributed by atoms with E-state index in [9.17, 15) is 0 Å². The summed E-state index contributed by atoms with van der Waals surface area (Å²) in [6, 6.07) is 17.2. The Kier molecular flexibility index (Phi) is 3.98. The quantitative estimate of drug-likeness (QED) is 0.854. The van der Waals surface area contributed by atoms with E-state index in [1.54, 1.807) is 0 Å². The molecule has 0 spiro atoms. The summed E-state index contributed by atoms with van der Waals surface area (Å²) in [4.78, 5) is 0. The minimum atomic E-state index is 0.455. The molecule has 0 unspecified atom stereocenters. The third-order valence-corrected chi connectivity index (χ3v) is 4.61. The highest BCUT2D eigenvalue weighted by atomic mass is 79.9. The van der Waals surface area contributed by atoms with E-state index in [4.69, 9.17) is 5.26 Å². The van der Waals surface area contributed by atoms with E-state index in [0.29, 0.717) is 17.5 Å². The average Bonchev–Trinajstić information content (AvgIpc) is 2.42. The van der Waals surface area contributed by atoms with Crippen molar-refractivity contribution in [1.29, 1.82) is 5.26 Å². The van der Waals surface area contributed by atoms with Crippen LogP contribution >= 0.6 is 15.9 Å². The van der Waals surface area contributed by atoms with Gasteiger partial charge in [0.05, 0.1) is 11.3 Å². The fraction of sp³-hybridized carbons (Fsp3) is 0.278. The molecule has 3 rings (SSSR count). The third-order valence-electron chi connectivity index (χ3n) is 4.11. The zero-order valence-corrected chi connectivity index (χ0v) is 13.5. The number of hydrogen-bond donors (Lipinski definition) is 1. The largest absolute Gasteiger partial charge is 0.381 e. The first-order chi connectivity index (χ1) is 10.2. The molecule has 1 aliphatic rings. The van der Waals surface area contributed by atoms with Crippen molar-refractivity contribution < 1.29 is 0 Å². The molecule has 3 heteroatoms. The molecular formula is C18H17BrN2. The smallest absolute Gasteiger partial charge is 0.101 e. The maximum absolute atomic E-state index is 9.17. The van der Waals surface area contributed by atoms with Crippen molar-refractivity contribution >= 4 is 21.6 Å². The second kappa shape index (κ2) is 5.91. The van der Waals surface area contributed by atoms with E-state index in [-0.39, 0.29) is 0 Å². The number of halogens is 1. The molecule has 2 nitrogen and oxygen atoms in total. The Morgan fingerprint density at radius 3 is 2.71 bits per heavy atom. The zero-order chi connectivity index (χ0) is 14.8. The van der Waals surface area contributed by atoms with Gasteiger partial charge in [0.15, 0.2) is 0 Å². The lowest BCUT2D eigenvalue weighted by molar-refractivity contribution is 0.374. The van der Waals surface area contributed by atoms with Crippen molar-refractivity contribution in [3.8, 4) is 6.07 Å². The van der Waals surface area contributed by atoms with E-state index in [2.05, 4.69) is 58.5 Å². The summed E-state index contributed by atoms with van der Waals surface area (Å²) >= 11 is 3.46. The van der Waals surface area contributed by atoms with Gasteiger partial charge in [0.25, 0.3) is 0 Å². The number of anilines is 1. The van der Waals surface area contributed by atoms with Crippen molar-refractivity contribution in [1.82, 2.24) is 0 Å². The Morgan fingerprint density at radius 2 is 2.00 bits per heavy atom. The summed E-state index contributed by atoms with van der Waals surface area (Å²) < 4.78 is 0.999. The highest BCUT2D eigenvalue weighted by molar-refractivity contribution is 9.10. The molecular weight excluding hydrogens is 324 g/mol. The van der Waals surface area contributed by atoms with E-state index in [1.165, 1.54) is 11.1 Å². The predicted octanol–water partition coefficient (Wildman–Crippen LogP) is 4.99. The lowest BCUT2D eigenvalue weighted by atomic mass is 9.75. The van der Waals surface area contributed by atoms with Crippen LogP contribution in [0.2, 0.25) is 0 Å². The SMILES string of the molecule is Cc1cccc(C2CC(Nc3cc(Br)ccc3C#N)C2)c1. The van der Waals surface area contributed by atoms with Gasteiger partial charge in [0.1, 0.15) is 6.07 Å². The van der Waals surface area contributed by atoms with Crippen molar-refractivity contribution in [2.75, 3.05) is 5.32 Å². The summed E-state index contributed by atoms with van der Waals surface area (Å²) in [6.07, 6.45) is 2.25. The molecule has 21 heavy (non-hydrogen) atoms. The average molecular weight is 341 g/mol. The van der Waals surface area contributed by atoms with Crippen LogP contribution in [-0.2, 0) is 0 Å². The van der Waals surface area contributed by atoms with Gasteiger partial charge in [-0.25, -0.2) is 0 Å². The van der Waals surface area contributed by atoms with Crippen LogP contribution in [0.3, 0.4) is 0 Å². The Labute approximate surface area is 133 Å². The van der Waals surface area contributed by atoms with Gasteiger partial charge in [-0.2, -0.15) is 5.26 Å². The lowest BCUT2D eigenvalue weighted by Crippen LogP contribution is -2.34. The molecule has 0 radical (unpaired) electrons. The zero-order valence-electron chi connectivity index (χ0n) is 11.9. The Balaban J connectivity index is 1.65. The molecule has 2 aromatic rings. The molecule has 1 N–H and O–H groups in total. The van der Waals surface area contributed by atoms with Crippen LogP contribution in [0.25, 0.3) is 0 Å². The second-order valence-electron chi connectivity index (χ2n) is 5.73. The van der Waals surface area contributed by atoms with Gasteiger partial charge in [-0.15, -0.1) is 0 Å². The monoisotopic (exact) mass is 340 g/mol. The van der Waals surface area contributed by atoms with Crippen LogP contribution in [0, 0.1) is 18.3 Å². The van der Waals surface area contributed by atoms with Crippen LogP contribution in [0.5, 0.6) is 0 Å². The molecule has 1 aliphatic carbocycles. The molecule has 0 heterocycles. The van der Waals surface area contributed by atoms with E-state index >= 15 is 0 Å². The number of hydrogen-bond acceptors (Lipinski definition) is 2. The van der Waals surface area contributed by atoms with Gasteiger partial charge in [-0.05, 0) is 49.4 Å². The van der Waals surface area contributed by atoms with E-state index < -0.39 is 0 Å². The first kappa shape index (κ1) is 14.2. The van der Waals surface area contributed by atoms with E-state index in [0.717, 1.165) is 23.0 Å². The minimum Gasteiger partial charge on any atom is -0.381 e. The molecule has 0 aromatic heterocycles. The number of aryl methyl sites for hydroxylation is 1. The standard InChI is InChI=1S/C18H17BrN2/c1-12-3-2-4-13(7-12)15-8-17(9-15)21-18-10-16(19)6-5-14(18)11-20/h2-7,10,15,17,21H,8-9H2,1H3. The summed E-state index contributed by atoms with van der Waals surface area (Å²) in [7, 11) is 0. The second-order valence-corrected chi connectivity index (χ2v) is 6.64. The van der Waals surface area contributed by atoms with E-state index in [1.807, 2.05) is 18.2 Å². The molecule has 0 bridgehead atoms. The van der Waals surface area contributed by atoms with Gasteiger partial charge in [-0.3, -0.25) is 0 Å². The van der Waals surface area contributed by atoms with Gasteiger partial charge in [-0.1, -0.05) is 45.8 Å². The van der Waals surface area contributed by atoms with Crippen molar-refractivity contribution in [3.05, 3.63) is 63.6 Å². The summed E-state index contributed by atoms with van der Waals surface area (Å²) in [5.41, 5.74) is 4.39. The topological polar surface area (TPSA) is 35.8 Å². The Hall–Kier alpha value is -1.79. The number of nitrogens with one attached hydrogen (secondary N) is 1. The molecule has 1 saturated carbocycles. The van der Waals surface area contributed by atoms with Crippen molar-refractivity contribution in [2.24, 2.45) is 0 Å². The normalized spacial score (nSPS) is 20.4. The minimum absolute atomic E-state index is 0.455. The predicted molar refractivity (Wildman–Crippen MR) is 89.4 cm³/mol. The van der Waals surface area contributed by atoms with Gasteiger partial charge >= 0.3 is 0 Å². The van der Waals surface area contributed by atoms with Crippen molar-refractivity contribution in [3.63, 3.8) is 0 Å². The fourth-order valence-corrected chi connectivity index (χ4v) is 3.25. The van der Waals surface area contributed by atoms with Crippen LogP contribution in [0.4, 0.5) is 5.69 Å². The number of nitrogens with zero attached hydrogens (tertiary/aromatic N) is 1. The first-order valence-electron chi connectivity index (χ1n) is 7.18. The molecule has 0 amide bonds. The maximum Gasteiger partial charge on any atom is 0.101 e. The Bertz CT molecular complexity index is 697. The highest BCUT2D eigenvalue weighted by Gasteiger charge is 2.30. The third kappa shape index (κ3) is 3.11. The van der Waals surface area contributed by atoms with Gasteiger partial charge in [0.2, 0.25) is 0 Å². The van der Waals surface area contributed by atoms with Gasteiger partial charge in [0, 0.05) is 10.5 Å². The first-order valence-corrected chi connectivity index (χ1v) is 7.98. The molecule has 0 aliphatic heterocycles.